The van der Waals surface area contributed by atoms with E-state index in [1.54, 1.807) is 0 Å². The van der Waals surface area contributed by atoms with Crippen LogP contribution in [0.3, 0.4) is 0 Å². The summed E-state index contributed by atoms with van der Waals surface area (Å²) in [5, 5.41) is 0. The van der Waals surface area contributed by atoms with Crippen LogP contribution in [0, 0.1) is 0 Å². The van der Waals surface area contributed by atoms with Crippen LogP contribution < -0.4 is 4.72 Å². The molecule has 2 aliphatic heterocycles. The summed E-state index contributed by atoms with van der Waals surface area (Å²) in [7, 11) is -3.55. The van der Waals surface area contributed by atoms with Crippen LogP contribution in [0.25, 0.3) is 0 Å². The van der Waals surface area contributed by atoms with Crippen LogP contribution in [0.15, 0.2) is 23.8 Å². The maximum atomic E-state index is 11.5. The molecular formula is C11H12N2O5S. The SMILES string of the molecule is C=C1CC(=O)N(CC/C=C2\CS(=O)(=O)NC2=O)C1=O. The van der Waals surface area contributed by atoms with E-state index in [9.17, 15) is 22.8 Å². The molecule has 0 saturated carbocycles. The van der Waals surface area contributed by atoms with Gasteiger partial charge in [-0.05, 0) is 6.42 Å². The van der Waals surface area contributed by atoms with Crippen LogP contribution in [-0.4, -0.2) is 43.3 Å². The largest absolute Gasteiger partial charge is 0.278 e. The van der Waals surface area contributed by atoms with E-state index in [1.165, 1.54) is 6.08 Å². The van der Waals surface area contributed by atoms with E-state index in [-0.39, 0.29) is 42.2 Å². The minimum absolute atomic E-state index is 0.0181. The first kappa shape index (κ1) is 13.5. The highest BCUT2D eigenvalue weighted by molar-refractivity contribution is 7.90. The predicted octanol–water partition coefficient (Wildman–Crippen LogP) is -0.922. The number of rotatable bonds is 3. The van der Waals surface area contributed by atoms with Crippen molar-refractivity contribution in [1.29, 1.82) is 0 Å². The Kier molecular flexibility index (Phi) is 3.27. The first-order chi connectivity index (χ1) is 8.80. The van der Waals surface area contributed by atoms with Crippen LogP contribution in [0.5, 0.6) is 0 Å². The van der Waals surface area contributed by atoms with Gasteiger partial charge in [0.25, 0.3) is 11.8 Å². The molecule has 0 aromatic heterocycles. The summed E-state index contributed by atoms with van der Waals surface area (Å²) in [6.07, 6.45) is 1.69. The Labute approximate surface area is 110 Å². The van der Waals surface area contributed by atoms with Crippen molar-refractivity contribution < 1.29 is 22.8 Å². The molecule has 7 nitrogen and oxygen atoms in total. The van der Waals surface area contributed by atoms with Crippen molar-refractivity contribution in [2.75, 3.05) is 12.3 Å². The molecule has 2 saturated heterocycles. The van der Waals surface area contributed by atoms with Crippen LogP contribution >= 0.6 is 0 Å². The van der Waals surface area contributed by atoms with Crippen molar-refractivity contribution in [2.24, 2.45) is 0 Å². The Morgan fingerprint density at radius 2 is 2.00 bits per heavy atom. The zero-order chi connectivity index (χ0) is 14.2. The molecule has 2 heterocycles. The van der Waals surface area contributed by atoms with Gasteiger partial charge in [0, 0.05) is 17.7 Å². The monoisotopic (exact) mass is 284 g/mol. The number of likely N-dealkylation sites (tertiary alicyclic amines) is 1. The fourth-order valence-electron chi connectivity index (χ4n) is 1.92. The van der Waals surface area contributed by atoms with Gasteiger partial charge in [0.05, 0.1) is 12.2 Å². The van der Waals surface area contributed by atoms with Crippen molar-refractivity contribution >= 4 is 27.7 Å². The average Bonchev–Trinajstić information content (AvgIpc) is 2.68. The molecule has 0 bridgehead atoms. The quantitative estimate of drug-likeness (QED) is 0.533. The van der Waals surface area contributed by atoms with Gasteiger partial charge in [-0.15, -0.1) is 0 Å². The third kappa shape index (κ3) is 2.73. The maximum absolute atomic E-state index is 11.5. The van der Waals surface area contributed by atoms with Crippen molar-refractivity contribution in [1.82, 2.24) is 9.62 Å². The lowest BCUT2D eigenvalue weighted by Crippen LogP contribution is -2.30. The second kappa shape index (κ2) is 4.61. The number of hydrogen-bond donors (Lipinski definition) is 1. The van der Waals surface area contributed by atoms with Gasteiger partial charge >= 0.3 is 0 Å². The molecule has 3 amide bonds. The summed E-state index contributed by atoms with van der Waals surface area (Å²) in [4.78, 5) is 35.3. The zero-order valence-electron chi connectivity index (χ0n) is 10.0. The molecular weight excluding hydrogens is 272 g/mol. The first-order valence-electron chi connectivity index (χ1n) is 5.56. The van der Waals surface area contributed by atoms with Crippen molar-refractivity contribution in [2.45, 2.75) is 12.8 Å². The second-order valence-electron chi connectivity index (χ2n) is 4.34. The van der Waals surface area contributed by atoms with E-state index in [4.69, 9.17) is 0 Å². The van der Waals surface area contributed by atoms with Gasteiger partial charge in [0.15, 0.2) is 0 Å². The average molecular weight is 284 g/mol. The maximum Gasteiger partial charge on any atom is 0.261 e. The molecule has 2 rings (SSSR count). The van der Waals surface area contributed by atoms with Crippen LogP contribution in [-0.2, 0) is 24.4 Å². The molecule has 19 heavy (non-hydrogen) atoms. The van der Waals surface area contributed by atoms with E-state index in [0.29, 0.717) is 0 Å². The Morgan fingerprint density at radius 3 is 2.47 bits per heavy atom. The van der Waals surface area contributed by atoms with Gasteiger partial charge in [-0.1, -0.05) is 12.7 Å². The normalized spacial score (nSPS) is 24.4. The lowest BCUT2D eigenvalue weighted by molar-refractivity contribution is -0.137. The summed E-state index contributed by atoms with van der Waals surface area (Å²) >= 11 is 0. The van der Waals surface area contributed by atoms with E-state index in [0.717, 1.165) is 4.90 Å². The zero-order valence-corrected chi connectivity index (χ0v) is 10.8. The third-order valence-corrected chi connectivity index (χ3v) is 4.03. The second-order valence-corrected chi connectivity index (χ2v) is 6.06. The fraction of sp³-hybridized carbons (Fsp3) is 0.364. The molecule has 0 unspecified atom stereocenters. The molecule has 102 valence electrons. The number of nitrogens with zero attached hydrogens (tertiary/aromatic N) is 1. The molecule has 0 atom stereocenters. The standard InChI is InChI=1S/C11H12N2O5S/c1-7-5-9(14)13(11(7)16)4-2-3-8-6-19(17,18)12-10(8)15/h3H,1-2,4-6H2,(H,12,15)/b8-3+. The number of sulfonamides is 1. The van der Waals surface area contributed by atoms with Crippen LogP contribution in [0.4, 0.5) is 0 Å². The molecule has 0 aromatic rings. The summed E-state index contributed by atoms with van der Waals surface area (Å²) < 4.78 is 24.1. The van der Waals surface area contributed by atoms with E-state index in [1.807, 2.05) is 4.72 Å². The molecule has 8 heteroatoms. The van der Waals surface area contributed by atoms with Crippen molar-refractivity contribution in [3.63, 3.8) is 0 Å². The summed E-state index contributed by atoms with van der Waals surface area (Å²) in [6.45, 7) is 3.60. The topological polar surface area (TPSA) is 101 Å². The number of imide groups is 1. The number of hydrogen-bond acceptors (Lipinski definition) is 5. The van der Waals surface area contributed by atoms with Crippen LogP contribution in [0.1, 0.15) is 12.8 Å². The van der Waals surface area contributed by atoms with Crippen molar-refractivity contribution in [3.8, 4) is 0 Å². The van der Waals surface area contributed by atoms with E-state index >= 15 is 0 Å². The summed E-state index contributed by atoms with van der Waals surface area (Å²) in [6, 6.07) is 0. The highest BCUT2D eigenvalue weighted by Gasteiger charge is 2.32. The van der Waals surface area contributed by atoms with Gasteiger partial charge < -0.3 is 0 Å². The number of amides is 3. The van der Waals surface area contributed by atoms with Gasteiger partial charge in [-0.2, -0.15) is 0 Å². The Balaban J connectivity index is 1.98. The van der Waals surface area contributed by atoms with Gasteiger partial charge in [0.2, 0.25) is 15.9 Å². The Bertz CT molecular complexity index is 617. The van der Waals surface area contributed by atoms with E-state index < -0.39 is 21.8 Å². The summed E-state index contributed by atoms with van der Waals surface area (Å²) in [5.41, 5.74) is 0.386. The molecule has 2 fully saturated rings. The molecule has 2 aliphatic rings. The number of carbonyl (C=O) groups excluding carboxylic acids is 3. The molecule has 0 aromatic carbocycles. The summed E-state index contributed by atoms with van der Waals surface area (Å²) in [5.74, 6) is -1.74. The van der Waals surface area contributed by atoms with Crippen molar-refractivity contribution in [3.05, 3.63) is 23.8 Å². The van der Waals surface area contributed by atoms with Gasteiger partial charge in [-0.3, -0.25) is 19.3 Å². The minimum atomic E-state index is -3.55. The highest BCUT2D eigenvalue weighted by atomic mass is 32.2. The lowest BCUT2D eigenvalue weighted by Gasteiger charge is -2.11. The smallest absolute Gasteiger partial charge is 0.261 e. The predicted molar refractivity (Wildman–Crippen MR) is 65.1 cm³/mol. The fourth-order valence-corrected chi connectivity index (χ4v) is 3.06. The van der Waals surface area contributed by atoms with E-state index in [2.05, 4.69) is 6.58 Å². The lowest BCUT2D eigenvalue weighted by atomic mass is 10.2. The Hall–Kier alpha value is -1.96. The van der Waals surface area contributed by atoms with Gasteiger partial charge in [0.1, 0.15) is 0 Å². The molecule has 0 aliphatic carbocycles. The number of carbonyl (C=O) groups is 3. The Morgan fingerprint density at radius 1 is 1.32 bits per heavy atom. The molecule has 0 radical (unpaired) electrons. The third-order valence-electron chi connectivity index (χ3n) is 2.84. The molecule has 1 N–H and O–H groups in total. The molecule has 0 spiro atoms. The number of nitrogens with one attached hydrogen (secondary N) is 1. The van der Waals surface area contributed by atoms with Gasteiger partial charge in [-0.25, -0.2) is 13.1 Å². The first-order valence-corrected chi connectivity index (χ1v) is 7.22. The highest BCUT2D eigenvalue weighted by Crippen LogP contribution is 2.17. The minimum Gasteiger partial charge on any atom is -0.278 e. The van der Waals surface area contributed by atoms with Crippen LogP contribution in [0.2, 0.25) is 0 Å².